The normalized spacial score (nSPS) is 16.9. The molecule has 1 atom stereocenters. The lowest BCUT2D eigenvalue weighted by molar-refractivity contribution is -0.120. The van der Waals surface area contributed by atoms with Crippen molar-refractivity contribution in [2.24, 2.45) is 0 Å². The van der Waals surface area contributed by atoms with Gasteiger partial charge in [0.2, 0.25) is 5.91 Å². The Morgan fingerprint density at radius 2 is 1.83 bits per heavy atom. The molecule has 0 aromatic heterocycles. The highest BCUT2D eigenvalue weighted by molar-refractivity contribution is 5.83. The van der Waals surface area contributed by atoms with E-state index in [2.05, 4.69) is 48.7 Å². The van der Waals surface area contributed by atoms with Gasteiger partial charge in [-0.3, -0.25) is 4.79 Å². The zero-order chi connectivity index (χ0) is 16.9. The van der Waals surface area contributed by atoms with Gasteiger partial charge in [-0.25, -0.2) is 0 Å². The first-order valence-corrected chi connectivity index (χ1v) is 8.41. The van der Waals surface area contributed by atoms with Gasteiger partial charge in [0.15, 0.2) is 0 Å². The Labute approximate surface area is 143 Å². The highest BCUT2D eigenvalue weighted by Crippen LogP contribution is 2.26. The summed E-state index contributed by atoms with van der Waals surface area (Å²) in [6.07, 6.45) is 0.856. The molecule has 0 saturated carbocycles. The van der Waals surface area contributed by atoms with Crippen LogP contribution in [-0.2, 0) is 17.9 Å². The first kappa shape index (κ1) is 16.5. The fourth-order valence-corrected chi connectivity index (χ4v) is 3.13. The molecule has 126 valence electrons. The molecule has 2 aromatic carbocycles. The molecule has 1 amide bonds. The molecule has 1 heterocycles. The Morgan fingerprint density at radius 1 is 1.12 bits per heavy atom. The lowest BCUT2D eigenvalue weighted by Crippen LogP contribution is -2.35. The van der Waals surface area contributed by atoms with Crippen molar-refractivity contribution < 1.29 is 9.53 Å². The molecule has 24 heavy (non-hydrogen) atoms. The van der Waals surface area contributed by atoms with E-state index in [1.54, 1.807) is 0 Å². The number of ether oxygens (including phenoxy) is 1. The predicted molar refractivity (Wildman–Crippen MR) is 94.9 cm³/mol. The molecular weight excluding hydrogens is 300 g/mol. The van der Waals surface area contributed by atoms with Gasteiger partial charge in [0, 0.05) is 13.1 Å². The van der Waals surface area contributed by atoms with E-state index in [1.807, 2.05) is 18.2 Å². The summed E-state index contributed by atoms with van der Waals surface area (Å²) < 4.78 is 6.02. The third-order valence-electron chi connectivity index (χ3n) is 4.35. The second kappa shape index (κ2) is 7.49. The molecular formula is C20H24N2O2. The van der Waals surface area contributed by atoms with Crippen molar-refractivity contribution in [3.8, 4) is 5.75 Å². The third kappa shape index (κ3) is 3.95. The third-order valence-corrected chi connectivity index (χ3v) is 4.35. The van der Waals surface area contributed by atoms with Crippen LogP contribution in [0.4, 0.5) is 0 Å². The fourth-order valence-electron chi connectivity index (χ4n) is 3.13. The summed E-state index contributed by atoms with van der Waals surface area (Å²) in [6.45, 7) is 6.17. The van der Waals surface area contributed by atoms with Crippen molar-refractivity contribution in [3.05, 3.63) is 64.7 Å². The zero-order valence-corrected chi connectivity index (χ0v) is 14.3. The van der Waals surface area contributed by atoms with E-state index >= 15 is 0 Å². The van der Waals surface area contributed by atoms with Gasteiger partial charge in [0.1, 0.15) is 12.4 Å². The van der Waals surface area contributed by atoms with Gasteiger partial charge in [0.05, 0.1) is 6.04 Å². The molecule has 1 fully saturated rings. The van der Waals surface area contributed by atoms with E-state index in [9.17, 15) is 4.79 Å². The maximum Gasteiger partial charge on any atom is 0.237 e. The van der Waals surface area contributed by atoms with E-state index in [0.717, 1.165) is 35.4 Å². The maximum atomic E-state index is 11.6. The van der Waals surface area contributed by atoms with Crippen LogP contribution in [0, 0.1) is 13.8 Å². The molecule has 1 unspecified atom stereocenters. The average Bonchev–Trinajstić information content (AvgIpc) is 2.98. The fraction of sp³-hybridized carbons (Fsp3) is 0.350. The maximum absolute atomic E-state index is 11.6. The van der Waals surface area contributed by atoms with E-state index in [4.69, 9.17) is 4.74 Å². The number of carbonyl (C=O) groups excluding carboxylic acids is 1. The molecule has 1 saturated heterocycles. The molecule has 1 aliphatic heterocycles. The van der Waals surface area contributed by atoms with Crippen LogP contribution in [0.5, 0.6) is 5.75 Å². The summed E-state index contributed by atoms with van der Waals surface area (Å²) >= 11 is 0. The van der Waals surface area contributed by atoms with E-state index in [0.29, 0.717) is 13.2 Å². The Bertz CT molecular complexity index is 690. The Balaban J connectivity index is 1.63. The molecule has 3 rings (SSSR count). The lowest BCUT2D eigenvalue weighted by Gasteiger charge is -2.15. The zero-order valence-electron chi connectivity index (χ0n) is 14.3. The molecule has 0 bridgehead atoms. The first-order valence-electron chi connectivity index (χ1n) is 8.41. The summed E-state index contributed by atoms with van der Waals surface area (Å²) in [5.41, 5.74) is 4.59. The topological polar surface area (TPSA) is 50.4 Å². The molecule has 0 radical (unpaired) electrons. The number of hydrogen-bond donors (Lipinski definition) is 2. The van der Waals surface area contributed by atoms with Crippen LogP contribution in [0.3, 0.4) is 0 Å². The van der Waals surface area contributed by atoms with E-state index in [1.165, 1.54) is 5.56 Å². The monoisotopic (exact) mass is 324 g/mol. The minimum absolute atomic E-state index is 0.0698. The quantitative estimate of drug-likeness (QED) is 0.859. The average molecular weight is 324 g/mol. The van der Waals surface area contributed by atoms with Gasteiger partial charge in [0.25, 0.3) is 0 Å². The second-order valence-corrected chi connectivity index (χ2v) is 6.35. The Morgan fingerprint density at radius 3 is 2.46 bits per heavy atom. The summed E-state index contributed by atoms with van der Waals surface area (Å²) in [7, 11) is 0. The number of nitrogens with one attached hydrogen (secondary N) is 2. The lowest BCUT2D eigenvalue weighted by atomic mass is 10.0. The SMILES string of the molecule is Cc1cc(CNC2CCNC2=O)cc(C)c1OCc1ccccc1. The van der Waals surface area contributed by atoms with Crippen molar-refractivity contribution >= 4 is 5.91 Å². The molecule has 4 heteroatoms. The molecule has 2 N–H and O–H groups in total. The van der Waals surface area contributed by atoms with Crippen LogP contribution in [0.2, 0.25) is 0 Å². The van der Waals surface area contributed by atoms with Gasteiger partial charge in [-0.1, -0.05) is 42.5 Å². The number of carbonyl (C=O) groups is 1. The molecule has 1 aliphatic rings. The number of hydrogen-bond acceptors (Lipinski definition) is 3. The van der Waals surface area contributed by atoms with Crippen molar-refractivity contribution in [2.45, 2.75) is 39.5 Å². The van der Waals surface area contributed by atoms with Crippen LogP contribution < -0.4 is 15.4 Å². The van der Waals surface area contributed by atoms with Crippen LogP contribution >= 0.6 is 0 Å². The minimum Gasteiger partial charge on any atom is -0.488 e. The van der Waals surface area contributed by atoms with E-state index < -0.39 is 0 Å². The molecule has 0 spiro atoms. The Hall–Kier alpha value is -2.33. The number of amides is 1. The number of aryl methyl sites for hydroxylation is 2. The molecule has 0 aliphatic carbocycles. The standard InChI is InChI=1S/C20H24N2O2/c1-14-10-17(12-22-18-8-9-21-20(18)23)11-15(2)19(14)24-13-16-6-4-3-5-7-16/h3-7,10-11,18,22H,8-9,12-13H2,1-2H3,(H,21,23). The van der Waals surface area contributed by atoms with Crippen molar-refractivity contribution in [2.75, 3.05) is 6.54 Å². The van der Waals surface area contributed by atoms with Gasteiger partial charge < -0.3 is 15.4 Å². The summed E-state index contributed by atoms with van der Waals surface area (Å²) in [4.78, 5) is 11.6. The van der Waals surface area contributed by atoms with Crippen LogP contribution in [0.25, 0.3) is 0 Å². The number of benzene rings is 2. The highest BCUT2D eigenvalue weighted by atomic mass is 16.5. The smallest absolute Gasteiger partial charge is 0.237 e. The Kier molecular flexibility index (Phi) is 5.16. The van der Waals surface area contributed by atoms with Crippen molar-refractivity contribution in [1.82, 2.24) is 10.6 Å². The minimum atomic E-state index is -0.0698. The summed E-state index contributed by atoms with van der Waals surface area (Å²) in [6, 6.07) is 14.4. The number of rotatable bonds is 6. The predicted octanol–water partition coefficient (Wildman–Crippen LogP) is 2.86. The van der Waals surface area contributed by atoms with Crippen molar-refractivity contribution in [1.29, 1.82) is 0 Å². The highest BCUT2D eigenvalue weighted by Gasteiger charge is 2.23. The second-order valence-electron chi connectivity index (χ2n) is 6.35. The van der Waals surface area contributed by atoms with Gasteiger partial charge in [-0.15, -0.1) is 0 Å². The first-order chi connectivity index (χ1) is 11.6. The molecule has 4 nitrogen and oxygen atoms in total. The van der Waals surface area contributed by atoms with Crippen molar-refractivity contribution in [3.63, 3.8) is 0 Å². The molecule has 2 aromatic rings. The summed E-state index contributed by atoms with van der Waals surface area (Å²) in [5, 5.41) is 6.18. The van der Waals surface area contributed by atoms with Gasteiger partial charge >= 0.3 is 0 Å². The van der Waals surface area contributed by atoms with E-state index in [-0.39, 0.29) is 11.9 Å². The largest absolute Gasteiger partial charge is 0.488 e. The van der Waals surface area contributed by atoms with Crippen LogP contribution in [0.15, 0.2) is 42.5 Å². The van der Waals surface area contributed by atoms with Gasteiger partial charge in [-0.05, 0) is 42.5 Å². The summed E-state index contributed by atoms with van der Waals surface area (Å²) in [5.74, 6) is 1.05. The van der Waals surface area contributed by atoms with Gasteiger partial charge in [-0.2, -0.15) is 0 Å². The van der Waals surface area contributed by atoms with Crippen LogP contribution in [-0.4, -0.2) is 18.5 Å². The van der Waals surface area contributed by atoms with Crippen LogP contribution in [0.1, 0.15) is 28.7 Å².